The van der Waals surface area contributed by atoms with Gasteiger partial charge in [-0.05, 0) is 36.2 Å². The summed E-state index contributed by atoms with van der Waals surface area (Å²) in [5.74, 6) is -0.559. The zero-order chi connectivity index (χ0) is 20.8. The van der Waals surface area contributed by atoms with Crippen LogP contribution < -0.4 is 5.32 Å². The number of ketones is 1. The molecule has 0 saturated heterocycles. The minimum Gasteiger partial charge on any atom is -0.392 e. The first-order chi connectivity index (χ1) is 12.4. The van der Waals surface area contributed by atoms with Gasteiger partial charge >= 0.3 is 0 Å². The third-order valence-electron chi connectivity index (χ3n) is 5.14. The molecule has 1 aliphatic carbocycles. The van der Waals surface area contributed by atoms with Crippen LogP contribution in [0, 0.1) is 22.7 Å². The number of carbonyl (C=O) groups is 2. The van der Waals surface area contributed by atoms with Crippen molar-refractivity contribution in [3.05, 3.63) is 23.3 Å². The summed E-state index contributed by atoms with van der Waals surface area (Å²) in [6.07, 6.45) is 5.67. The smallest absolute Gasteiger partial charge is 0.220 e. The lowest BCUT2D eigenvalue weighted by Gasteiger charge is -2.42. The molecule has 1 fully saturated rings. The summed E-state index contributed by atoms with van der Waals surface area (Å²) in [6, 6.07) is 0. The highest BCUT2D eigenvalue weighted by Gasteiger charge is 2.46. The average molecular weight is 398 g/mol. The molecule has 1 aliphatic rings. The molecule has 3 atom stereocenters. The number of aliphatic hydroxyl groups is 1. The van der Waals surface area contributed by atoms with Crippen molar-refractivity contribution < 1.29 is 14.7 Å². The highest BCUT2D eigenvalue weighted by molar-refractivity contribution is 6.26. The molecule has 1 saturated carbocycles. The highest BCUT2D eigenvalue weighted by atomic mass is 35.5. The van der Waals surface area contributed by atoms with Crippen LogP contribution in [0.25, 0.3) is 0 Å². The van der Waals surface area contributed by atoms with Gasteiger partial charge in [0.25, 0.3) is 0 Å². The number of hydrogen-bond donors (Lipinski definition) is 2. The van der Waals surface area contributed by atoms with Crippen LogP contribution in [0.15, 0.2) is 23.3 Å². The predicted octanol–water partition coefficient (Wildman–Crippen LogP) is 4.61. The molecule has 0 bridgehead atoms. The highest BCUT2D eigenvalue weighted by Crippen LogP contribution is 2.42. The van der Waals surface area contributed by atoms with Crippen molar-refractivity contribution >= 4 is 23.3 Å². The molecule has 4 nitrogen and oxygen atoms in total. The topological polar surface area (TPSA) is 66.4 Å². The second-order valence-electron chi connectivity index (χ2n) is 9.49. The number of allylic oxidation sites excluding steroid dienone is 2. The van der Waals surface area contributed by atoms with Crippen LogP contribution in [0.3, 0.4) is 0 Å². The fourth-order valence-corrected chi connectivity index (χ4v) is 3.93. The van der Waals surface area contributed by atoms with E-state index in [4.69, 9.17) is 11.6 Å². The Kier molecular flexibility index (Phi) is 8.75. The van der Waals surface area contributed by atoms with Crippen molar-refractivity contribution in [2.45, 2.75) is 73.3 Å². The van der Waals surface area contributed by atoms with Crippen molar-refractivity contribution in [1.29, 1.82) is 0 Å². The molecule has 0 heterocycles. The van der Waals surface area contributed by atoms with E-state index in [2.05, 4.69) is 32.2 Å². The Balaban J connectivity index is 2.56. The maximum atomic E-state index is 12.8. The summed E-state index contributed by atoms with van der Waals surface area (Å²) in [5, 5.41) is 13.4. The quantitative estimate of drug-likeness (QED) is 0.616. The van der Waals surface area contributed by atoms with Gasteiger partial charge < -0.3 is 10.4 Å². The molecule has 0 spiro atoms. The van der Waals surface area contributed by atoms with Gasteiger partial charge in [-0.2, -0.15) is 0 Å². The lowest BCUT2D eigenvalue weighted by Crippen LogP contribution is -2.48. The molecule has 27 heavy (non-hydrogen) atoms. The van der Waals surface area contributed by atoms with Crippen molar-refractivity contribution in [3.8, 4) is 0 Å². The summed E-state index contributed by atoms with van der Waals surface area (Å²) in [7, 11) is 0. The van der Waals surface area contributed by atoms with Crippen LogP contribution in [0.5, 0.6) is 0 Å². The summed E-state index contributed by atoms with van der Waals surface area (Å²) in [6.45, 7) is 12.6. The van der Waals surface area contributed by atoms with Gasteiger partial charge in [-0.3, -0.25) is 9.59 Å². The Morgan fingerprint density at radius 2 is 1.96 bits per heavy atom. The van der Waals surface area contributed by atoms with E-state index < -0.39 is 17.4 Å². The van der Waals surface area contributed by atoms with Gasteiger partial charge in [-0.1, -0.05) is 65.3 Å². The van der Waals surface area contributed by atoms with Crippen LogP contribution in [0.4, 0.5) is 0 Å². The third-order valence-corrected chi connectivity index (χ3v) is 5.42. The summed E-state index contributed by atoms with van der Waals surface area (Å²) >= 11 is 5.99. The molecule has 1 rings (SSSR count). The number of carbonyl (C=O) groups excluding carboxylic acids is 2. The summed E-state index contributed by atoms with van der Waals surface area (Å²) < 4.78 is 0. The largest absolute Gasteiger partial charge is 0.392 e. The van der Waals surface area contributed by atoms with E-state index in [-0.39, 0.29) is 23.0 Å². The first kappa shape index (κ1) is 23.9. The standard InChI is InChI=1S/C22H36ClNO3/c1-15-13-22(5,6)20(27)18(19(15)26)16(14-23)10-12-24-17(25)9-7-8-11-21(2,3)4/h8,11,14-15,18-19,26H,7,9-10,12-13H2,1-6H3,(H,24,25)/b11-8?,16-14-/t15-,18-,19-/m1/s1. The van der Waals surface area contributed by atoms with Crippen molar-refractivity contribution in [2.75, 3.05) is 6.54 Å². The number of nitrogens with one attached hydrogen (secondary N) is 1. The van der Waals surface area contributed by atoms with E-state index in [1.165, 1.54) is 5.54 Å². The maximum Gasteiger partial charge on any atom is 0.220 e. The molecular weight excluding hydrogens is 362 g/mol. The molecule has 154 valence electrons. The van der Waals surface area contributed by atoms with E-state index in [1.54, 1.807) is 0 Å². The molecule has 0 aromatic rings. The zero-order valence-electron chi connectivity index (χ0n) is 17.6. The molecule has 1 amide bonds. The normalized spacial score (nSPS) is 26.4. The van der Waals surface area contributed by atoms with Crippen LogP contribution in [-0.4, -0.2) is 29.4 Å². The van der Waals surface area contributed by atoms with Gasteiger partial charge in [0, 0.05) is 23.9 Å². The van der Waals surface area contributed by atoms with Crippen LogP contribution in [0.2, 0.25) is 0 Å². The number of aliphatic hydroxyl groups excluding tert-OH is 1. The fraction of sp³-hybridized carbons (Fsp3) is 0.727. The first-order valence-electron chi connectivity index (χ1n) is 9.85. The molecule has 0 aromatic heterocycles. The molecule has 0 radical (unpaired) electrons. The van der Waals surface area contributed by atoms with Crippen LogP contribution >= 0.6 is 11.6 Å². The Morgan fingerprint density at radius 1 is 1.33 bits per heavy atom. The van der Waals surface area contributed by atoms with E-state index in [0.717, 1.165) is 0 Å². The van der Waals surface area contributed by atoms with E-state index >= 15 is 0 Å². The van der Waals surface area contributed by atoms with Crippen LogP contribution in [-0.2, 0) is 9.59 Å². The Hall–Kier alpha value is -1.13. The Morgan fingerprint density at radius 3 is 2.52 bits per heavy atom. The SMILES string of the molecule is C[C@@H]1CC(C)(C)C(=O)[C@H](/C(=C\Cl)CCNC(=O)CCC=CC(C)(C)C)[C@@H]1O. The van der Waals surface area contributed by atoms with E-state index in [9.17, 15) is 14.7 Å². The monoisotopic (exact) mass is 397 g/mol. The predicted molar refractivity (Wildman–Crippen MR) is 111 cm³/mol. The number of rotatable bonds is 7. The van der Waals surface area contributed by atoms with Crippen molar-refractivity contribution in [3.63, 3.8) is 0 Å². The molecule has 0 aliphatic heterocycles. The second-order valence-corrected chi connectivity index (χ2v) is 9.71. The number of halogens is 1. The van der Waals surface area contributed by atoms with Gasteiger partial charge in [0.05, 0.1) is 12.0 Å². The first-order valence-corrected chi connectivity index (χ1v) is 10.3. The van der Waals surface area contributed by atoms with Crippen LogP contribution in [0.1, 0.15) is 67.2 Å². The molecule has 5 heteroatoms. The number of amides is 1. The van der Waals surface area contributed by atoms with Gasteiger partial charge in [0.15, 0.2) is 0 Å². The van der Waals surface area contributed by atoms with Gasteiger partial charge in [0.2, 0.25) is 5.91 Å². The molecule has 0 unspecified atom stereocenters. The molecule has 2 N–H and O–H groups in total. The molecular formula is C22H36ClNO3. The van der Waals surface area contributed by atoms with Gasteiger partial charge in [-0.25, -0.2) is 0 Å². The van der Waals surface area contributed by atoms with Crippen molar-refractivity contribution in [2.24, 2.45) is 22.7 Å². The number of Topliss-reactive ketones (excluding diaryl/α,β-unsaturated/α-hetero) is 1. The molecule has 0 aromatic carbocycles. The summed E-state index contributed by atoms with van der Waals surface area (Å²) in [4.78, 5) is 24.8. The third kappa shape index (κ3) is 7.42. The Labute approximate surface area is 169 Å². The lowest BCUT2D eigenvalue weighted by molar-refractivity contribution is -0.141. The van der Waals surface area contributed by atoms with E-state index in [1.807, 2.05) is 26.8 Å². The second kappa shape index (κ2) is 9.88. The van der Waals surface area contributed by atoms with Crippen molar-refractivity contribution in [1.82, 2.24) is 5.32 Å². The minimum absolute atomic E-state index is 0.0216. The zero-order valence-corrected chi connectivity index (χ0v) is 18.4. The number of hydrogen-bond acceptors (Lipinski definition) is 3. The lowest BCUT2D eigenvalue weighted by atomic mass is 9.63. The summed E-state index contributed by atoms with van der Waals surface area (Å²) in [5.41, 5.74) is 1.74. The van der Waals surface area contributed by atoms with E-state index in [0.29, 0.717) is 37.8 Å². The maximum absolute atomic E-state index is 12.8. The van der Waals surface area contributed by atoms with Gasteiger partial charge in [0.1, 0.15) is 5.78 Å². The Bertz CT molecular complexity index is 587. The average Bonchev–Trinajstić information content (AvgIpc) is 2.54. The van der Waals surface area contributed by atoms with Gasteiger partial charge in [-0.15, -0.1) is 0 Å². The minimum atomic E-state index is -0.728. The fourth-order valence-electron chi connectivity index (χ4n) is 3.68.